The number of ether oxygens (including phenoxy) is 2. The van der Waals surface area contributed by atoms with E-state index >= 15 is 0 Å². The lowest BCUT2D eigenvalue weighted by molar-refractivity contribution is -0.161. The van der Waals surface area contributed by atoms with E-state index in [0.717, 1.165) is 77.0 Å². The number of aliphatic hydroxyl groups excluding tert-OH is 1. The minimum Gasteiger partial charge on any atom is -0.480 e. The summed E-state index contributed by atoms with van der Waals surface area (Å²) in [5.41, 5.74) is 5.31. The van der Waals surface area contributed by atoms with Crippen molar-refractivity contribution >= 4 is 25.7 Å². The van der Waals surface area contributed by atoms with Gasteiger partial charge < -0.3 is 30.3 Å². The molecule has 12 nitrogen and oxygen atoms in total. The van der Waals surface area contributed by atoms with Crippen molar-refractivity contribution in [1.29, 1.82) is 0 Å². The molecule has 0 heterocycles. The monoisotopic (exact) mass is 819 g/mol. The fourth-order valence-corrected chi connectivity index (χ4v) is 5.46. The normalized spacial score (nSPS) is 15.3. The number of hydrogen-bond acceptors (Lipinski definition) is 10. The van der Waals surface area contributed by atoms with Crippen LogP contribution in [-0.2, 0) is 37.5 Å². The molecule has 0 amide bonds. The highest BCUT2D eigenvalue weighted by atomic mass is 31.2. The lowest BCUT2D eigenvalue weighted by atomic mass is 10.1. The molecule has 0 aliphatic heterocycles. The lowest BCUT2D eigenvalue weighted by Crippen LogP contribution is -2.34. The van der Waals surface area contributed by atoms with Crippen LogP contribution in [0.4, 0.5) is 0 Å². The predicted molar refractivity (Wildman–Crippen MR) is 227 cm³/mol. The molecule has 5 N–H and O–H groups in total. The van der Waals surface area contributed by atoms with Crippen molar-refractivity contribution in [2.45, 2.75) is 141 Å². The Hall–Kier alpha value is -3.64. The van der Waals surface area contributed by atoms with Crippen molar-refractivity contribution in [3.8, 4) is 0 Å². The molecule has 57 heavy (non-hydrogen) atoms. The number of phosphoric acid groups is 1. The Morgan fingerprint density at radius 2 is 1.19 bits per heavy atom. The van der Waals surface area contributed by atoms with Crippen LogP contribution < -0.4 is 5.73 Å². The number of carboxylic acids is 1. The standard InChI is InChI=1S/C44H70NO11P/c1-3-5-7-8-9-10-11-12-13-14-17-21-24-27-31-35-43(48)56-40(37-54-57(51,52)55-38-41(45)44(49)50)36-53-42(47)34-30-26-23-20-18-15-16-19-22-25-29-33-39(46)32-28-6-4-2/h5,7,9-10,12-13,15-17,20-23,25,29,33,39-41,46H,3-4,6,8,11,14,18-19,24,26-28,30-32,34-38,45H2,1-2H3,(H,49,50)(H,51,52)/b7-5-,10-9-,13-12-,16-15-,21-17-,23-20-,25-22-,33-29+/t39-,40-,41+/m1/s1. The maximum absolute atomic E-state index is 12.6. The molecule has 0 bridgehead atoms. The third-order valence-electron chi connectivity index (χ3n) is 7.92. The number of unbranched alkanes of at least 4 members (excludes halogenated alkanes) is 5. The quantitative estimate of drug-likeness (QED) is 0.0154. The van der Waals surface area contributed by atoms with Gasteiger partial charge in [0.15, 0.2) is 6.10 Å². The summed E-state index contributed by atoms with van der Waals surface area (Å²) in [7, 11) is -4.75. The highest BCUT2D eigenvalue weighted by Gasteiger charge is 2.28. The maximum Gasteiger partial charge on any atom is 0.472 e. The third-order valence-corrected chi connectivity index (χ3v) is 8.87. The number of hydrogen-bond donors (Lipinski definition) is 4. The number of esters is 2. The smallest absolute Gasteiger partial charge is 0.472 e. The van der Waals surface area contributed by atoms with Gasteiger partial charge in [-0.05, 0) is 77.0 Å². The first-order valence-electron chi connectivity index (χ1n) is 20.4. The summed E-state index contributed by atoms with van der Waals surface area (Å²) in [5.74, 6) is -2.56. The lowest BCUT2D eigenvalue weighted by Gasteiger charge is -2.20. The summed E-state index contributed by atoms with van der Waals surface area (Å²) in [5, 5.41) is 18.8. The Kier molecular flexibility index (Phi) is 35.5. The van der Waals surface area contributed by atoms with E-state index in [1.807, 2.05) is 42.5 Å². The minimum atomic E-state index is -4.75. The number of carboxylic acid groups (broad SMARTS) is 1. The van der Waals surface area contributed by atoms with Crippen LogP contribution in [0.1, 0.15) is 123 Å². The van der Waals surface area contributed by atoms with E-state index in [4.69, 9.17) is 24.8 Å². The minimum absolute atomic E-state index is 0.0819. The first-order chi connectivity index (χ1) is 27.5. The second-order valence-electron chi connectivity index (χ2n) is 13.2. The van der Waals surface area contributed by atoms with Crippen molar-refractivity contribution in [1.82, 2.24) is 0 Å². The Balaban J connectivity index is 4.63. The predicted octanol–water partition coefficient (Wildman–Crippen LogP) is 9.47. The molecule has 0 aliphatic carbocycles. The molecule has 1 unspecified atom stereocenters. The van der Waals surface area contributed by atoms with Crippen LogP contribution in [0.25, 0.3) is 0 Å². The summed E-state index contributed by atoms with van der Waals surface area (Å²) < 4.78 is 32.5. The first kappa shape index (κ1) is 53.4. The SMILES string of the molecule is CC/C=C\C/C=C\C/C=C\C/C=C\CCCCC(=O)O[C@H](COC(=O)CCC/C=C\C/C=C\C/C=C\C=C\[C@H](O)CCCCC)COP(=O)(O)OC[C@H](N)C(=O)O. The first-order valence-corrected chi connectivity index (χ1v) is 21.9. The summed E-state index contributed by atoms with van der Waals surface area (Å²) in [6.07, 6.45) is 43.8. The van der Waals surface area contributed by atoms with Gasteiger partial charge in [0.1, 0.15) is 12.6 Å². The zero-order valence-electron chi connectivity index (χ0n) is 34.2. The van der Waals surface area contributed by atoms with Crippen LogP contribution in [0.3, 0.4) is 0 Å². The van der Waals surface area contributed by atoms with E-state index in [9.17, 15) is 28.9 Å². The molecule has 0 aromatic carbocycles. The number of aliphatic hydroxyl groups is 1. The summed E-state index contributed by atoms with van der Waals surface area (Å²) in [6, 6.07) is -1.55. The van der Waals surface area contributed by atoms with Crippen molar-refractivity contribution in [3.05, 3.63) is 97.2 Å². The largest absolute Gasteiger partial charge is 0.480 e. The van der Waals surface area contributed by atoms with Crippen LogP contribution in [0, 0.1) is 0 Å². The number of phosphoric ester groups is 1. The summed E-state index contributed by atoms with van der Waals surface area (Å²) in [4.78, 5) is 45.8. The van der Waals surface area contributed by atoms with Crippen LogP contribution in [0.15, 0.2) is 97.2 Å². The second kappa shape index (κ2) is 37.9. The molecule has 0 fully saturated rings. The van der Waals surface area contributed by atoms with Gasteiger partial charge in [0.05, 0.1) is 19.3 Å². The van der Waals surface area contributed by atoms with E-state index < -0.39 is 63.8 Å². The molecule has 0 aromatic heterocycles. The molecule has 322 valence electrons. The fourth-order valence-electron chi connectivity index (χ4n) is 4.69. The molecule has 0 spiro atoms. The molecule has 0 aliphatic rings. The molecular weight excluding hydrogens is 749 g/mol. The average molecular weight is 820 g/mol. The van der Waals surface area contributed by atoms with Gasteiger partial charge in [0.25, 0.3) is 0 Å². The van der Waals surface area contributed by atoms with E-state index in [-0.39, 0.29) is 12.8 Å². The van der Waals surface area contributed by atoms with Gasteiger partial charge in [-0.25, -0.2) is 4.57 Å². The van der Waals surface area contributed by atoms with E-state index in [2.05, 4.69) is 73.1 Å². The highest BCUT2D eigenvalue weighted by Crippen LogP contribution is 2.43. The Labute approximate surface area is 341 Å². The molecule has 0 radical (unpaired) electrons. The van der Waals surface area contributed by atoms with Crippen LogP contribution >= 0.6 is 7.82 Å². The van der Waals surface area contributed by atoms with Crippen LogP contribution in [0.5, 0.6) is 0 Å². The van der Waals surface area contributed by atoms with Gasteiger partial charge >= 0.3 is 25.7 Å². The van der Waals surface area contributed by atoms with E-state index in [1.54, 1.807) is 0 Å². The molecule has 13 heteroatoms. The third kappa shape index (κ3) is 37.7. The molecular formula is C44H70NO11P. The van der Waals surface area contributed by atoms with Crippen molar-refractivity contribution in [2.75, 3.05) is 19.8 Å². The van der Waals surface area contributed by atoms with Crippen molar-refractivity contribution < 1.29 is 52.6 Å². The van der Waals surface area contributed by atoms with Gasteiger partial charge in [-0.15, -0.1) is 0 Å². The number of aliphatic carboxylic acids is 1. The number of nitrogens with two attached hydrogens (primary N) is 1. The maximum atomic E-state index is 12.6. The second-order valence-corrected chi connectivity index (χ2v) is 14.7. The molecule has 0 rings (SSSR count). The van der Waals surface area contributed by atoms with Crippen molar-refractivity contribution in [2.24, 2.45) is 5.73 Å². The van der Waals surface area contributed by atoms with E-state index in [0.29, 0.717) is 19.3 Å². The molecule has 4 atom stereocenters. The van der Waals surface area contributed by atoms with Gasteiger partial charge in [0, 0.05) is 12.8 Å². The Bertz CT molecular complexity index is 1350. The molecule has 0 saturated carbocycles. The van der Waals surface area contributed by atoms with Gasteiger partial charge in [0.2, 0.25) is 0 Å². The summed E-state index contributed by atoms with van der Waals surface area (Å²) in [6.45, 7) is 2.42. The Morgan fingerprint density at radius 3 is 1.79 bits per heavy atom. The number of allylic oxidation sites excluding steroid dienone is 15. The average Bonchev–Trinajstić information content (AvgIpc) is 3.18. The van der Waals surface area contributed by atoms with Gasteiger partial charge in [-0.2, -0.15) is 0 Å². The number of rotatable bonds is 36. The molecule has 0 aromatic rings. The number of carbonyl (C=O) groups excluding carboxylic acids is 2. The van der Waals surface area contributed by atoms with Crippen molar-refractivity contribution in [3.63, 3.8) is 0 Å². The topological polar surface area (TPSA) is 192 Å². The fraction of sp³-hybridized carbons (Fsp3) is 0.568. The van der Waals surface area contributed by atoms with E-state index in [1.165, 1.54) is 0 Å². The zero-order chi connectivity index (χ0) is 42.2. The summed E-state index contributed by atoms with van der Waals surface area (Å²) >= 11 is 0. The van der Waals surface area contributed by atoms with Crippen LogP contribution in [-0.4, -0.2) is 71.1 Å². The Morgan fingerprint density at radius 1 is 0.649 bits per heavy atom. The van der Waals surface area contributed by atoms with Gasteiger partial charge in [-0.1, -0.05) is 130 Å². The number of carbonyl (C=O) groups is 3. The van der Waals surface area contributed by atoms with Gasteiger partial charge in [-0.3, -0.25) is 23.4 Å². The molecule has 0 saturated heterocycles. The van der Waals surface area contributed by atoms with Crippen LogP contribution in [0.2, 0.25) is 0 Å². The zero-order valence-corrected chi connectivity index (χ0v) is 35.1. The highest BCUT2D eigenvalue weighted by molar-refractivity contribution is 7.47.